The van der Waals surface area contributed by atoms with E-state index in [0.29, 0.717) is 27.6 Å². The number of nitrogens with zero attached hydrogens (tertiary/aromatic N) is 3. The molecule has 2 aromatic heterocycles. The summed E-state index contributed by atoms with van der Waals surface area (Å²) in [6.45, 7) is 0.994. The summed E-state index contributed by atoms with van der Waals surface area (Å²) in [4.78, 5) is 0. The van der Waals surface area contributed by atoms with Crippen LogP contribution in [0.15, 0.2) is 32.4 Å². The van der Waals surface area contributed by atoms with Gasteiger partial charge in [-0.25, -0.2) is 8.42 Å². The average Bonchev–Trinajstić information content (AvgIpc) is 3.08. The number of hydrogen-bond donors (Lipinski definition) is 1. The van der Waals surface area contributed by atoms with Gasteiger partial charge < -0.3 is 5.73 Å². The summed E-state index contributed by atoms with van der Waals surface area (Å²) >= 11 is 4.54. The molecule has 2 N–H and O–H groups in total. The topological polar surface area (TPSA) is 81.2 Å². The van der Waals surface area contributed by atoms with Gasteiger partial charge in [0.15, 0.2) is 0 Å². The molecule has 1 aliphatic rings. The van der Waals surface area contributed by atoms with E-state index in [4.69, 9.17) is 5.73 Å². The van der Waals surface area contributed by atoms with Gasteiger partial charge in [0.2, 0.25) is 0 Å². The van der Waals surface area contributed by atoms with Crippen molar-refractivity contribution in [1.29, 1.82) is 0 Å². The summed E-state index contributed by atoms with van der Waals surface area (Å²) in [7, 11) is -3.40. The van der Waals surface area contributed by atoms with Crippen LogP contribution < -0.4 is 5.73 Å². The number of piperidine rings is 1. The molecule has 0 atom stereocenters. The lowest BCUT2D eigenvalue weighted by Gasteiger charge is -2.31. The Morgan fingerprint density at radius 2 is 2.05 bits per heavy atom. The zero-order chi connectivity index (χ0) is 15.0. The molecule has 21 heavy (non-hydrogen) atoms. The van der Waals surface area contributed by atoms with Crippen molar-refractivity contribution in [1.82, 2.24) is 14.1 Å². The zero-order valence-corrected chi connectivity index (χ0v) is 14.4. The Labute approximate surface area is 135 Å². The lowest BCUT2D eigenvalue weighted by Crippen LogP contribution is -2.38. The fraction of sp³-hybridized carbons (Fsp3) is 0.417. The van der Waals surface area contributed by atoms with Gasteiger partial charge in [-0.1, -0.05) is 0 Å². The van der Waals surface area contributed by atoms with Crippen LogP contribution in [0.1, 0.15) is 18.9 Å². The largest absolute Gasteiger partial charge is 0.382 e. The molecule has 9 heteroatoms. The molecular formula is C12H15BrN4O2S2. The molecule has 0 aromatic carbocycles. The summed E-state index contributed by atoms with van der Waals surface area (Å²) in [6.07, 6.45) is 3.33. The molecule has 0 unspecified atom stereocenters. The van der Waals surface area contributed by atoms with Gasteiger partial charge in [0.25, 0.3) is 10.0 Å². The maximum absolute atomic E-state index is 12.6. The fourth-order valence-corrected chi connectivity index (χ4v) is 6.40. The summed E-state index contributed by atoms with van der Waals surface area (Å²) < 4.78 is 29.6. The number of sulfonamides is 1. The highest BCUT2D eigenvalue weighted by Gasteiger charge is 2.32. The van der Waals surface area contributed by atoms with Crippen molar-refractivity contribution in [2.24, 2.45) is 0 Å². The van der Waals surface area contributed by atoms with Crippen LogP contribution in [0.5, 0.6) is 0 Å². The van der Waals surface area contributed by atoms with Crippen molar-refractivity contribution in [3.05, 3.63) is 28.2 Å². The van der Waals surface area contributed by atoms with Crippen molar-refractivity contribution in [2.75, 3.05) is 18.8 Å². The Morgan fingerprint density at radius 3 is 2.57 bits per heavy atom. The predicted octanol–water partition coefficient (Wildman–Crippen LogP) is 2.32. The van der Waals surface area contributed by atoms with Crippen LogP contribution in [0, 0.1) is 0 Å². The molecule has 1 saturated heterocycles. The molecule has 1 aliphatic heterocycles. The average molecular weight is 391 g/mol. The number of thiophene rings is 1. The highest BCUT2D eigenvalue weighted by atomic mass is 79.9. The number of rotatable bonds is 3. The van der Waals surface area contributed by atoms with Gasteiger partial charge in [0, 0.05) is 23.8 Å². The number of anilines is 1. The van der Waals surface area contributed by atoms with Crippen LogP contribution in [0.4, 0.5) is 5.82 Å². The Kier molecular flexibility index (Phi) is 4.08. The SMILES string of the molecule is Nc1ccn(C2CCN(S(=O)(=O)c3sccc3Br)CC2)n1. The Morgan fingerprint density at radius 1 is 1.33 bits per heavy atom. The number of aromatic nitrogens is 2. The summed E-state index contributed by atoms with van der Waals surface area (Å²) in [5.41, 5.74) is 5.62. The molecule has 3 rings (SSSR count). The van der Waals surface area contributed by atoms with Gasteiger partial charge in [0.05, 0.1) is 6.04 Å². The molecule has 1 fully saturated rings. The first-order valence-electron chi connectivity index (χ1n) is 6.52. The molecule has 0 amide bonds. The molecule has 6 nitrogen and oxygen atoms in total. The smallest absolute Gasteiger partial charge is 0.253 e. The van der Waals surface area contributed by atoms with Gasteiger partial charge >= 0.3 is 0 Å². The van der Waals surface area contributed by atoms with Gasteiger partial charge in [-0.05, 0) is 46.3 Å². The van der Waals surface area contributed by atoms with Gasteiger partial charge in [-0.3, -0.25) is 4.68 Å². The highest BCUT2D eigenvalue weighted by molar-refractivity contribution is 9.10. The van der Waals surface area contributed by atoms with Crippen LogP contribution in [-0.2, 0) is 10.0 Å². The van der Waals surface area contributed by atoms with E-state index in [-0.39, 0.29) is 6.04 Å². The molecule has 0 bridgehead atoms. The predicted molar refractivity (Wildman–Crippen MR) is 85.7 cm³/mol. The molecule has 0 saturated carbocycles. The van der Waals surface area contributed by atoms with Crippen molar-refractivity contribution in [2.45, 2.75) is 23.1 Å². The second kappa shape index (κ2) is 5.71. The van der Waals surface area contributed by atoms with E-state index >= 15 is 0 Å². The highest BCUT2D eigenvalue weighted by Crippen LogP contribution is 2.33. The van der Waals surface area contributed by atoms with Crippen LogP contribution in [0.25, 0.3) is 0 Å². The van der Waals surface area contributed by atoms with E-state index in [9.17, 15) is 8.42 Å². The zero-order valence-electron chi connectivity index (χ0n) is 11.1. The Bertz CT molecular complexity index is 732. The third-order valence-electron chi connectivity index (χ3n) is 3.59. The van der Waals surface area contributed by atoms with Crippen LogP contribution in [0.3, 0.4) is 0 Å². The molecule has 0 aliphatic carbocycles. The van der Waals surface area contributed by atoms with Crippen LogP contribution >= 0.6 is 27.3 Å². The summed E-state index contributed by atoms with van der Waals surface area (Å²) in [5.74, 6) is 0.493. The number of nitrogen functional groups attached to an aromatic ring is 1. The monoisotopic (exact) mass is 390 g/mol. The maximum Gasteiger partial charge on any atom is 0.253 e. The van der Waals surface area contributed by atoms with E-state index in [1.807, 2.05) is 10.9 Å². The summed E-state index contributed by atoms with van der Waals surface area (Å²) in [6, 6.07) is 3.73. The molecular weight excluding hydrogens is 376 g/mol. The third kappa shape index (κ3) is 2.87. The Hall–Kier alpha value is -0.900. The minimum Gasteiger partial charge on any atom is -0.382 e. The first-order valence-corrected chi connectivity index (χ1v) is 9.63. The minimum absolute atomic E-state index is 0.209. The van der Waals surface area contributed by atoms with Crippen molar-refractivity contribution in [3.8, 4) is 0 Å². The second-order valence-corrected chi connectivity index (χ2v) is 8.82. The van der Waals surface area contributed by atoms with Crippen molar-refractivity contribution < 1.29 is 8.42 Å². The number of halogens is 1. The van der Waals surface area contributed by atoms with Gasteiger partial charge in [-0.15, -0.1) is 11.3 Å². The van der Waals surface area contributed by atoms with E-state index in [0.717, 1.165) is 12.8 Å². The Balaban J connectivity index is 1.73. The third-order valence-corrected chi connectivity index (χ3v) is 8.13. The van der Waals surface area contributed by atoms with E-state index < -0.39 is 10.0 Å². The van der Waals surface area contributed by atoms with E-state index in [1.54, 1.807) is 21.8 Å². The first kappa shape index (κ1) is 15.0. The summed E-state index contributed by atoms with van der Waals surface area (Å²) in [5, 5.41) is 5.98. The van der Waals surface area contributed by atoms with Crippen molar-refractivity contribution >= 4 is 43.1 Å². The lowest BCUT2D eigenvalue weighted by atomic mass is 10.1. The molecule has 114 valence electrons. The standard InChI is InChI=1S/C12H15BrN4O2S2/c13-10-4-8-20-12(10)21(18,19)16-5-1-9(2-6-16)17-7-3-11(14)15-17/h3-4,7-9H,1-2,5-6H2,(H2,14,15). The molecule has 2 aromatic rings. The molecule has 3 heterocycles. The number of nitrogens with two attached hydrogens (primary N) is 1. The second-order valence-electron chi connectivity index (χ2n) is 4.91. The normalized spacial score (nSPS) is 18.1. The number of hydrogen-bond acceptors (Lipinski definition) is 5. The fourth-order valence-electron chi connectivity index (χ4n) is 2.48. The molecule has 0 spiro atoms. The van der Waals surface area contributed by atoms with Crippen LogP contribution in [0.2, 0.25) is 0 Å². The quantitative estimate of drug-likeness (QED) is 0.871. The molecule has 0 radical (unpaired) electrons. The lowest BCUT2D eigenvalue weighted by molar-refractivity contribution is 0.261. The first-order chi connectivity index (χ1) is 9.98. The van der Waals surface area contributed by atoms with Crippen LogP contribution in [-0.4, -0.2) is 35.6 Å². The van der Waals surface area contributed by atoms with Gasteiger partial charge in [-0.2, -0.15) is 9.40 Å². The van der Waals surface area contributed by atoms with Gasteiger partial charge in [0.1, 0.15) is 10.0 Å². The van der Waals surface area contributed by atoms with E-state index in [1.165, 1.54) is 11.3 Å². The maximum atomic E-state index is 12.6. The van der Waals surface area contributed by atoms with Crippen molar-refractivity contribution in [3.63, 3.8) is 0 Å². The van der Waals surface area contributed by atoms with E-state index in [2.05, 4.69) is 21.0 Å². The minimum atomic E-state index is -3.40.